The molecule has 1 aromatic carbocycles. The molecule has 0 saturated carbocycles. The molecule has 0 aliphatic heterocycles. The van der Waals surface area contributed by atoms with Crippen molar-refractivity contribution in [2.75, 3.05) is 13.2 Å². The van der Waals surface area contributed by atoms with Crippen molar-refractivity contribution < 1.29 is 24.4 Å². The minimum absolute atomic E-state index is 0.0130. The lowest BCUT2D eigenvalue weighted by Crippen LogP contribution is -2.91. The smallest absolute Gasteiger partial charge is 0.235 e. The molecular formula is C23H33N2O4+. The Morgan fingerprint density at radius 2 is 1.69 bits per heavy atom. The number of hydrogen-bond acceptors (Lipinski definition) is 4. The van der Waals surface area contributed by atoms with Crippen LogP contribution in [0.1, 0.15) is 78.3 Å². The van der Waals surface area contributed by atoms with E-state index in [9.17, 15) is 9.59 Å². The summed E-state index contributed by atoms with van der Waals surface area (Å²) < 4.78 is 11.3. The third-order valence-corrected chi connectivity index (χ3v) is 5.12. The summed E-state index contributed by atoms with van der Waals surface area (Å²) >= 11 is 0. The van der Waals surface area contributed by atoms with E-state index >= 15 is 0 Å². The Balaban J connectivity index is 2.19. The van der Waals surface area contributed by atoms with Crippen molar-refractivity contribution in [2.45, 2.75) is 60.5 Å². The Hall–Kier alpha value is -2.60. The number of Topliss-reactive ketones (excluding diaryl/α,β-unsaturated/α-hetero) is 2. The third kappa shape index (κ3) is 5.07. The van der Waals surface area contributed by atoms with Gasteiger partial charge in [0.2, 0.25) is 5.78 Å². The normalized spacial score (nSPS) is 13.1. The van der Waals surface area contributed by atoms with Gasteiger partial charge in [-0.1, -0.05) is 0 Å². The van der Waals surface area contributed by atoms with Gasteiger partial charge in [0.15, 0.2) is 17.3 Å². The van der Waals surface area contributed by atoms with Crippen molar-refractivity contribution in [2.24, 2.45) is 0 Å². The van der Waals surface area contributed by atoms with E-state index in [1.165, 1.54) is 6.92 Å². The number of quaternary nitrogens is 1. The molecule has 6 nitrogen and oxygen atoms in total. The number of aryl methyl sites for hydroxylation is 1. The fourth-order valence-corrected chi connectivity index (χ4v) is 3.73. The number of ketones is 2. The summed E-state index contributed by atoms with van der Waals surface area (Å²) in [5.74, 6) is 1.40. The van der Waals surface area contributed by atoms with E-state index in [1.54, 1.807) is 0 Å². The Morgan fingerprint density at radius 1 is 1.07 bits per heavy atom. The first kappa shape index (κ1) is 22.7. The number of aromatic nitrogens is 1. The summed E-state index contributed by atoms with van der Waals surface area (Å²) in [6.07, 6.45) is 0. The molecule has 0 amide bonds. The summed E-state index contributed by atoms with van der Waals surface area (Å²) in [6.45, 7) is 14.1. The van der Waals surface area contributed by atoms with Crippen LogP contribution in [0.4, 0.5) is 0 Å². The Kier molecular flexibility index (Phi) is 7.62. The molecule has 6 heteroatoms. The third-order valence-electron chi connectivity index (χ3n) is 5.12. The van der Waals surface area contributed by atoms with Gasteiger partial charge in [0.1, 0.15) is 12.1 Å². The number of nitrogens with two attached hydrogens (primary N) is 1. The summed E-state index contributed by atoms with van der Waals surface area (Å²) in [6, 6.07) is 5.64. The summed E-state index contributed by atoms with van der Waals surface area (Å²) in [5.41, 5.74) is 3.66. The van der Waals surface area contributed by atoms with Gasteiger partial charge in [0.05, 0.1) is 18.9 Å². The van der Waals surface area contributed by atoms with Crippen LogP contribution in [0, 0.1) is 13.8 Å². The number of H-pyrrole nitrogens is 1. The molecule has 2 atom stereocenters. The first-order valence-electron chi connectivity index (χ1n) is 10.2. The van der Waals surface area contributed by atoms with Crippen LogP contribution in [0.15, 0.2) is 18.2 Å². The van der Waals surface area contributed by atoms with E-state index in [0.29, 0.717) is 30.2 Å². The van der Waals surface area contributed by atoms with Gasteiger partial charge in [-0.2, -0.15) is 0 Å². The molecule has 2 aromatic rings. The average molecular weight is 402 g/mol. The van der Waals surface area contributed by atoms with Crippen molar-refractivity contribution >= 4 is 11.6 Å². The standard InChI is InChI=1S/C23H32N2O4/c1-8-28-19-11-10-18(12-20(19)29-9-2)14(4)24-16(6)23(27)22-13(3)21(17(7)26)15(5)25-22/h10-12,14,16,24-25H,8-9H2,1-7H3/p+1/t14-,16-/m0/s1. The lowest BCUT2D eigenvalue weighted by Gasteiger charge is -2.18. The second-order valence-electron chi connectivity index (χ2n) is 7.39. The van der Waals surface area contributed by atoms with Gasteiger partial charge < -0.3 is 19.8 Å². The molecule has 0 saturated heterocycles. The van der Waals surface area contributed by atoms with Crippen LogP contribution >= 0.6 is 0 Å². The molecule has 1 heterocycles. The van der Waals surface area contributed by atoms with Crippen molar-refractivity contribution in [3.63, 3.8) is 0 Å². The minimum atomic E-state index is -0.302. The maximum Gasteiger partial charge on any atom is 0.235 e. The van der Waals surface area contributed by atoms with Crippen LogP contribution in [-0.4, -0.2) is 35.8 Å². The van der Waals surface area contributed by atoms with Crippen molar-refractivity contribution in [1.82, 2.24) is 4.98 Å². The van der Waals surface area contributed by atoms with E-state index in [4.69, 9.17) is 9.47 Å². The zero-order valence-corrected chi connectivity index (χ0v) is 18.5. The summed E-state index contributed by atoms with van der Waals surface area (Å²) in [5, 5.41) is 2.02. The largest absolute Gasteiger partial charge is 0.490 e. The van der Waals surface area contributed by atoms with Gasteiger partial charge in [-0.05, 0) is 72.2 Å². The lowest BCUT2D eigenvalue weighted by atomic mass is 10.0. The Bertz CT molecular complexity index is 885. The van der Waals surface area contributed by atoms with Crippen LogP contribution in [0.25, 0.3) is 0 Å². The quantitative estimate of drug-likeness (QED) is 0.597. The molecule has 3 N–H and O–H groups in total. The maximum absolute atomic E-state index is 13.0. The number of aromatic amines is 1. The Morgan fingerprint density at radius 3 is 2.24 bits per heavy atom. The van der Waals surface area contributed by atoms with Gasteiger partial charge >= 0.3 is 0 Å². The van der Waals surface area contributed by atoms with Crippen LogP contribution in [0.2, 0.25) is 0 Å². The summed E-state index contributed by atoms with van der Waals surface area (Å²) in [7, 11) is 0. The van der Waals surface area contributed by atoms with Crippen LogP contribution in [0.3, 0.4) is 0 Å². The molecule has 0 aliphatic carbocycles. The summed E-state index contributed by atoms with van der Waals surface area (Å²) in [4.78, 5) is 28.0. The number of carbonyl (C=O) groups excluding carboxylic acids is 2. The number of hydrogen-bond donors (Lipinski definition) is 2. The maximum atomic E-state index is 13.0. The number of rotatable bonds is 10. The predicted octanol–water partition coefficient (Wildman–Crippen LogP) is 3.53. The molecule has 0 aliphatic rings. The van der Waals surface area contributed by atoms with E-state index in [-0.39, 0.29) is 23.7 Å². The second-order valence-corrected chi connectivity index (χ2v) is 7.39. The number of ether oxygens (including phenoxy) is 2. The molecule has 2 rings (SSSR count). The van der Waals surface area contributed by atoms with E-state index in [2.05, 4.69) is 11.9 Å². The zero-order valence-electron chi connectivity index (χ0n) is 18.5. The van der Waals surface area contributed by atoms with Crippen LogP contribution in [-0.2, 0) is 0 Å². The van der Waals surface area contributed by atoms with Crippen LogP contribution in [0.5, 0.6) is 11.5 Å². The molecular weight excluding hydrogens is 368 g/mol. The first-order valence-corrected chi connectivity index (χ1v) is 10.2. The molecule has 0 fully saturated rings. The van der Waals surface area contributed by atoms with Crippen molar-refractivity contribution in [3.8, 4) is 11.5 Å². The fraction of sp³-hybridized carbons (Fsp3) is 0.478. The second kappa shape index (κ2) is 9.74. The van der Waals surface area contributed by atoms with Gasteiger partial charge in [0, 0.05) is 16.8 Å². The average Bonchev–Trinajstić information content (AvgIpc) is 2.97. The predicted molar refractivity (Wildman–Crippen MR) is 113 cm³/mol. The highest BCUT2D eigenvalue weighted by molar-refractivity contribution is 6.04. The molecule has 29 heavy (non-hydrogen) atoms. The highest BCUT2D eigenvalue weighted by Crippen LogP contribution is 2.30. The molecule has 0 radical (unpaired) electrons. The molecule has 0 bridgehead atoms. The molecule has 1 aromatic heterocycles. The van der Waals surface area contributed by atoms with Crippen molar-refractivity contribution in [1.29, 1.82) is 0 Å². The number of nitrogens with one attached hydrogen (secondary N) is 1. The SMILES string of the molecule is CCOc1ccc([C@H](C)[NH2+][C@@H](C)C(=O)c2[nH]c(C)c(C(C)=O)c2C)cc1OCC. The highest BCUT2D eigenvalue weighted by atomic mass is 16.5. The zero-order chi connectivity index (χ0) is 21.7. The van der Waals surface area contributed by atoms with E-state index in [0.717, 1.165) is 22.6 Å². The fourth-order valence-electron chi connectivity index (χ4n) is 3.73. The minimum Gasteiger partial charge on any atom is -0.490 e. The molecule has 0 unspecified atom stereocenters. The van der Waals surface area contributed by atoms with Gasteiger partial charge in [0.25, 0.3) is 0 Å². The lowest BCUT2D eigenvalue weighted by molar-refractivity contribution is -0.709. The highest BCUT2D eigenvalue weighted by Gasteiger charge is 2.27. The van der Waals surface area contributed by atoms with E-state index < -0.39 is 0 Å². The molecule has 0 spiro atoms. The topological polar surface area (TPSA) is 85.0 Å². The Labute approximate surface area is 173 Å². The number of benzene rings is 1. The van der Waals surface area contributed by atoms with E-state index in [1.807, 2.05) is 58.1 Å². The van der Waals surface area contributed by atoms with Gasteiger partial charge in [-0.3, -0.25) is 9.59 Å². The van der Waals surface area contributed by atoms with Gasteiger partial charge in [-0.25, -0.2) is 0 Å². The number of carbonyl (C=O) groups is 2. The molecule has 158 valence electrons. The monoisotopic (exact) mass is 401 g/mol. The first-order chi connectivity index (χ1) is 13.7. The van der Waals surface area contributed by atoms with Crippen molar-refractivity contribution in [3.05, 3.63) is 46.3 Å². The van der Waals surface area contributed by atoms with Gasteiger partial charge in [-0.15, -0.1) is 0 Å². The van der Waals surface area contributed by atoms with Crippen LogP contribution < -0.4 is 14.8 Å².